The minimum Gasteiger partial charge on any atom is -0.497 e. The lowest BCUT2D eigenvalue weighted by Crippen LogP contribution is -2.13. The van der Waals surface area contributed by atoms with Gasteiger partial charge in [0.1, 0.15) is 22.4 Å². The SMILES string of the molecule is COc1cccc(-c2nc(/C=C(\C#N)C(=O)Nc3cccc(Cl)c3Cl)cs2)c1. The van der Waals surface area contributed by atoms with Gasteiger partial charge in [0, 0.05) is 10.9 Å². The molecule has 1 aromatic heterocycles. The van der Waals surface area contributed by atoms with Crippen molar-refractivity contribution in [2.75, 3.05) is 12.4 Å². The quantitative estimate of drug-likeness (QED) is 0.418. The predicted molar refractivity (Wildman–Crippen MR) is 113 cm³/mol. The van der Waals surface area contributed by atoms with E-state index in [1.165, 1.54) is 17.4 Å². The second-order valence-electron chi connectivity index (χ2n) is 5.53. The first-order chi connectivity index (χ1) is 13.5. The van der Waals surface area contributed by atoms with Crippen LogP contribution in [0, 0.1) is 11.3 Å². The first-order valence-corrected chi connectivity index (χ1v) is 9.62. The Labute approximate surface area is 175 Å². The number of benzene rings is 2. The Kier molecular flexibility index (Phi) is 6.32. The van der Waals surface area contributed by atoms with Crippen LogP contribution >= 0.6 is 34.5 Å². The number of anilines is 1. The van der Waals surface area contributed by atoms with Crippen LogP contribution in [0.15, 0.2) is 53.4 Å². The first-order valence-electron chi connectivity index (χ1n) is 7.99. The van der Waals surface area contributed by atoms with Crippen LogP contribution < -0.4 is 10.1 Å². The molecule has 0 aliphatic carbocycles. The van der Waals surface area contributed by atoms with Crippen LogP contribution in [0.3, 0.4) is 0 Å². The smallest absolute Gasteiger partial charge is 0.266 e. The lowest BCUT2D eigenvalue weighted by atomic mass is 10.2. The summed E-state index contributed by atoms with van der Waals surface area (Å²) in [6.07, 6.45) is 1.42. The van der Waals surface area contributed by atoms with Gasteiger partial charge >= 0.3 is 0 Å². The van der Waals surface area contributed by atoms with Crippen molar-refractivity contribution in [3.8, 4) is 22.4 Å². The topological polar surface area (TPSA) is 75.0 Å². The fraction of sp³-hybridized carbons (Fsp3) is 0.0500. The van der Waals surface area contributed by atoms with Crippen molar-refractivity contribution in [1.82, 2.24) is 4.98 Å². The fourth-order valence-electron chi connectivity index (χ4n) is 2.33. The number of rotatable bonds is 5. The van der Waals surface area contributed by atoms with Crippen molar-refractivity contribution in [1.29, 1.82) is 5.26 Å². The highest BCUT2D eigenvalue weighted by atomic mass is 35.5. The van der Waals surface area contributed by atoms with Crippen molar-refractivity contribution >= 4 is 52.2 Å². The molecule has 3 aromatic rings. The molecular weight excluding hydrogens is 417 g/mol. The Bertz CT molecular complexity index is 1100. The third-order valence-corrected chi connectivity index (χ3v) is 5.42. The summed E-state index contributed by atoms with van der Waals surface area (Å²) in [7, 11) is 1.60. The number of nitriles is 1. The highest BCUT2D eigenvalue weighted by Crippen LogP contribution is 2.30. The van der Waals surface area contributed by atoms with Gasteiger partial charge in [0.05, 0.1) is 28.5 Å². The monoisotopic (exact) mass is 429 g/mol. The van der Waals surface area contributed by atoms with Crippen molar-refractivity contribution in [2.45, 2.75) is 0 Å². The number of hydrogen-bond donors (Lipinski definition) is 1. The summed E-state index contributed by atoms with van der Waals surface area (Å²) in [4.78, 5) is 16.9. The second kappa shape index (κ2) is 8.89. The van der Waals surface area contributed by atoms with Crippen LogP contribution in [0.1, 0.15) is 5.69 Å². The molecule has 0 saturated carbocycles. The van der Waals surface area contributed by atoms with Gasteiger partial charge in [0.15, 0.2) is 0 Å². The van der Waals surface area contributed by atoms with Gasteiger partial charge in [-0.3, -0.25) is 4.79 Å². The summed E-state index contributed by atoms with van der Waals surface area (Å²) >= 11 is 13.4. The summed E-state index contributed by atoms with van der Waals surface area (Å²) < 4.78 is 5.22. The average molecular weight is 430 g/mol. The number of carbonyl (C=O) groups excluding carboxylic acids is 1. The van der Waals surface area contributed by atoms with E-state index in [4.69, 9.17) is 27.9 Å². The maximum absolute atomic E-state index is 12.4. The molecule has 1 heterocycles. The third-order valence-electron chi connectivity index (χ3n) is 3.70. The van der Waals surface area contributed by atoms with Crippen LogP contribution in [0.2, 0.25) is 10.0 Å². The number of methoxy groups -OCH3 is 1. The molecule has 0 fully saturated rings. The Hall–Kier alpha value is -2.85. The number of nitrogens with one attached hydrogen (secondary N) is 1. The van der Waals surface area contributed by atoms with Gasteiger partial charge in [-0.25, -0.2) is 4.98 Å². The van der Waals surface area contributed by atoms with E-state index in [1.807, 2.05) is 30.3 Å². The Balaban J connectivity index is 1.83. The molecule has 0 radical (unpaired) electrons. The molecular formula is C20H13Cl2N3O2S. The molecule has 5 nitrogen and oxygen atoms in total. The maximum Gasteiger partial charge on any atom is 0.266 e. The van der Waals surface area contributed by atoms with Gasteiger partial charge in [0.2, 0.25) is 0 Å². The molecule has 1 N–H and O–H groups in total. The van der Waals surface area contributed by atoms with Crippen molar-refractivity contribution in [2.24, 2.45) is 0 Å². The molecule has 3 rings (SSSR count). The van der Waals surface area contributed by atoms with E-state index in [0.29, 0.717) is 16.4 Å². The summed E-state index contributed by atoms with van der Waals surface area (Å²) in [5, 5.41) is 15.0. The zero-order chi connectivity index (χ0) is 20.1. The first kappa shape index (κ1) is 19.9. The van der Waals surface area contributed by atoms with Crippen LogP contribution in [-0.2, 0) is 4.79 Å². The van der Waals surface area contributed by atoms with Crippen LogP contribution in [-0.4, -0.2) is 18.0 Å². The number of ether oxygens (including phenoxy) is 1. The largest absolute Gasteiger partial charge is 0.497 e. The summed E-state index contributed by atoms with van der Waals surface area (Å²) in [6.45, 7) is 0. The highest BCUT2D eigenvalue weighted by Gasteiger charge is 2.14. The van der Waals surface area contributed by atoms with Gasteiger partial charge in [-0.05, 0) is 30.3 Å². The lowest BCUT2D eigenvalue weighted by molar-refractivity contribution is -0.112. The lowest BCUT2D eigenvalue weighted by Gasteiger charge is -2.07. The van der Waals surface area contributed by atoms with Gasteiger partial charge in [-0.1, -0.05) is 41.4 Å². The van der Waals surface area contributed by atoms with Crippen LogP contribution in [0.25, 0.3) is 16.6 Å². The molecule has 0 bridgehead atoms. The van der Waals surface area contributed by atoms with Gasteiger partial charge in [-0.15, -0.1) is 11.3 Å². The standard InChI is InChI=1S/C20H13Cl2N3O2S/c1-27-15-5-2-4-12(9-15)20-24-14(11-28-20)8-13(10-23)19(26)25-17-7-3-6-16(21)18(17)22/h2-9,11H,1H3,(H,25,26)/b13-8+. The van der Waals surface area contributed by atoms with Crippen molar-refractivity contribution < 1.29 is 9.53 Å². The van der Waals surface area contributed by atoms with Crippen LogP contribution in [0.5, 0.6) is 5.75 Å². The zero-order valence-corrected chi connectivity index (χ0v) is 16.9. The van der Waals surface area contributed by atoms with E-state index in [1.54, 1.807) is 30.7 Å². The normalized spacial score (nSPS) is 11.0. The summed E-state index contributed by atoms with van der Waals surface area (Å²) in [6, 6.07) is 14.2. The number of hydrogen-bond acceptors (Lipinski definition) is 5. The van der Waals surface area contributed by atoms with Crippen molar-refractivity contribution in [3.05, 3.63) is 69.2 Å². The number of thiazole rings is 1. The number of halogens is 2. The number of aromatic nitrogens is 1. The Morgan fingerprint density at radius 3 is 2.82 bits per heavy atom. The molecule has 0 unspecified atom stereocenters. The van der Waals surface area contributed by atoms with E-state index >= 15 is 0 Å². The van der Waals surface area contributed by atoms with E-state index in [2.05, 4.69) is 10.3 Å². The molecule has 0 aliphatic heterocycles. The zero-order valence-electron chi connectivity index (χ0n) is 14.6. The number of amides is 1. The number of nitrogens with zero attached hydrogens (tertiary/aromatic N) is 2. The molecule has 0 saturated heterocycles. The molecule has 140 valence electrons. The second-order valence-corrected chi connectivity index (χ2v) is 7.18. The maximum atomic E-state index is 12.4. The minimum atomic E-state index is -0.595. The summed E-state index contributed by atoms with van der Waals surface area (Å²) in [5.41, 5.74) is 1.62. The molecule has 8 heteroatoms. The fourth-order valence-corrected chi connectivity index (χ4v) is 3.45. The van der Waals surface area contributed by atoms with Gasteiger partial charge in [0.25, 0.3) is 5.91 Å². The van der Waals surface area contributed by atoms with E-state index in [0.717, 1.165) is 16.3 Å². The molecule has 0 spiro atoms. The van der Waals surface area contributed by atoms with E-state index in [9.17, 15) is 10.1 Å². The molecule has 1 amide bonds. The molecule has 0 aliphatic rings. The van der Waals surface area contributed by atoms with E-state index in [-0.39, 0.29) is 10.6 Å². The van der Waals surface area contributed by atoms with Crippen molar-refractivity contribution in [3.63, 3.8) is 0 Å². The summed E-state index contributed by atoms with van der Waals surface area (Å²) in [5.74, 6) is 0.128. The van der Waals surface area contributed by atoms with Gasteiger partial charge in [-0.2, -0.15) is 5.26 Å². The molecule has 28 heavy (non-hydrogen) atoms. The predicted octanol–water partition coefficient (Wildman–Crippen LogP) is 5.67. The average Bonchev–Trinajstić information content (AvgIpc) is 3.18. The molecule has 2 aromatic carbocycles. The molecule has 0 atom stereocenters. The minimum absolute atomic E-state index is 0.0986. The number of carbonyl (C=O) groups is 1. The third kappa shape index (κ3) is 4.52. The highest BCUT2D eigenvalue weighted by molar-refractivity contribution is 7.13. The Morgan fingerprint density at radius 1 is 1.29 bits per heavy atom. The van der Waals surface area contributed by atoms with Crippen LogP contribution in [0.4, 0.5) is 5.69 Å². The van der Waals surface area contributed by atoms with E-state index < -0.39 is 5.91 Å². The Morgan fingerprint density at radius 2 is 2.07 bits per heavy atom. The van der Waals surface area contributed by atoms with Gasteiger partial charge < -0.3 is 10.1 Å².